The van der Waals surface area contributed by atoms with Gasteiger partial charge in [0, 0.05) is 0 Å². The minimum atomic E-state index is -0.904. The van der Waals surface area contributed by atoms with E-state index in [9.17, 15) is 4.79 Å². The van der Waals surface area contributed by atoms with Gasteiger partial charge in [0.25, 0.3) is 0 Å². The first-order valence-corrected chi connectivity index (χ1v) is 5.73. The summed E-state index contributed by atoms with van der Waals surface area (Å²) < 4.78 is 0. The second-order valence-corrected chi connectivity index (χ2v) is 3.10. The molecule has 0 radical (unpaired) electrons. The molecule has 7 N–H and O–H groups in total. The minimum absolute atomic E-state index is 0.570. The molecule has 0 aromatic carbocycles. The van der Waals surface area contributed by atoms with Crippen LogP contribution in [0.3, 0.4) is 0 Å². The number of carbonyl (C=O) groups excluding carboxylic acids is 3. The average molecular weight is 303 g/mol. The Bertz CT molecular complexity index is 301. The summed E-state index contributed by atoms with van der Waals surface area (Å²) >= 11 is 0. The molecular weight excluding hydrogens is 282 g/mol. The molecule has 0 aromatic rings. The summed E-state index contributed by atoms with van der Waals surface area (Å²) in [6.45, 7) is 3.96. The number of nitrogens with one attached hydrogen (secondary N) is 4. The van der Waals surface area contributed by atoms with E-state index in [-0.39, 0.29) is 0 Å². The first-order valence-electron chi connectivity index (χ1n) is 5.73. The van der Waals surface area contributed by atoms with Crippen molar-refractivity contribution in [3.05, 3.63) is 0 Å². The Hall–Kier alpha value is -2.47. The highest BCUT2D eigenvalue weighted by molar-refractivity contribution is 5.72. The van der Waals surface area contributed by atoms with E-state index in [1.54, 1.807) is 0 Å². The lowest BCUT2D eigenvalue weighted by Gasteiger charge is -2.05. The molecule has 0 rings (SSSR count). The van der Waals surface area contributed by atoms with Crippen LogP contribution < -0.4 is 11.1 Å². The first kappa shape index (κ1) is 27.0. The number of aliphatic carboxylic acids is 1. The number of carboxylic acids is 1. The molecule has 10 heteroatoms. The maximum absolute atomic E-state index is 10.3. The van der Waals surface area contributed by atoms with Crippen LogP contribution >= 0.6 is 0 Å². The summed E-state index contributed by atoms with van der Waals surface area (Å²) in [7, 11) is 0. The van der Waals surface area contributed by atoms with Crippen LogP contribution in [0.2, 0.25) is 0 Å². The molecule has 0 heterocycles. The van der Waals surface area contributed by atoms with E-state index in [4.69, 9.17) is 41.5 Å². The standard InChI is InChI=1S/C8H18N2O2.3CHNO/c1-2-10-6-4-3-5-7(9)8(11)12;3*2-1-3/h7,10H,2-6,9H2,1H3,(H,11,12);3*2H/t7-;;;/m0.../s1. The van der Waals surface area contributed by atoms with Gasteiger partial charge in [0.2, 0.25) is 18.2 Å². The van der Waals surface area contributed by atoms with Crippen molar-refractivity contribution >= 4 is 24.2 Å². The summed E-state index contributed by atoms with van der Waals surface area (Å²) in [6.07, 6.45) is 4.69. The zero-order chi connectivity index (χ0) is 17.5. The van der Waals surface area contributed by atoms with Crippen molar-refractivity contribution in [1.29, 1.82) is 16.2 Å². The van der Waals surface area contributed by atoms with Gasteiger partial charge >= 0.3 is 5.97 Å². The van der Waals surface area contributed by atoms with Gasteiger partial charge in [-0.3, -0.25) is 4.79 Å². The van der Waals surface area contributed by atoms with Gasteiger partial charge in [-0.1, -0.05) is 13.3 Å². The van der Waals surface area contributed by atoms with Crippen LogP contribution in [0.5, 0.6) is 0 Å². The summed E-state index contributed by atoms with van der Waals surface area (Å²) in [5.74, 6) is -0.904. The lowest BCUT2D eigenvalue weighted by Crippen LogP contribution is -2.30. The highest BCUT2D eigenvalue weighted by Gasteiger charge is 2.09. The van der Waals surface area contributed by atoms with Crippen molar-refractivity contribution in [3.63, 3.8) is 0 Å². The number of nitrogens with two attached hydrogens (primary N) is 1. The van der Waals surface area contributed by atoms with Gasteiger partial charge in [-0.05, 0) is 25.9 Å². The maximum Gasteiger partial charge on any atom is 0.320 e. The van der Waals surface area contributed by atoms with E-state index >= 15 is 0 Å². The van der Waals surface area contributed by atoms with E-state index in [1.807, 2.05) is 6.92 Å². The molecule has 0 aliphatic rings. The van der Waals surface area contributed by atoms with Crippen LogP contribution in [0.15, 0.2) is 0 Å². The number of hydrogen-bond acceptors (Lipinski definition) is 9. The van der Waals surface area contributed by atoms with Gasteiger partial charge in [0.15, 0.2) is 0 Å². The van der Waals surface area contributed by atoms with Gasteiger partial charge < -0.3 is 16.2 Å². The molecule has 21 heavy (non-hydrogen) atoms. The van der Waals surface area contributed by atoms with Gasteiger partial charge in [0.1, 0.15) is 6.04 Å². The largest absolute Gasteiger partial charge is 0.480 e. The normalized spacial score (nSPS) is 8.48. The Morgan fingerprint density at radius 3 is 1.81 bits per heavy atom. The SMILES string of the molecule is CCNCCCC[C@H](N)C(=O)O.N=C=O.N=C=O.N=C=O. The van der Waals surface area contributed by atoms with Crippen LogP contribution in [0.4, 0.5) is 0 Å². The van der Waals surface area contributed by atoms with Crippen LogP contribution in [-0.4, -0.2) is 48.4 Å². The number of isocyanates is 3. The van der Waals surface area contributed by atoms with E-state index < -0.39 is 12.0 Å². The second-order valence-electron chi connectivity index (χ2n) is 3.10. The molecule has 0 saturated carbocycles. The molecule has 0 saturated heterocycles. The van der Waals surface area contributed by atoms with Crippen molar-refractivity contribution in [3.8, 4) is 0 Å². The Kier molecular flexibility index (Phi) is 39.2. The summed E-state index contributed by atoms with van der Waals surface area (Å²) in [4.78, 5) is 35.3. The summed E-state index contributed by atoms with van der Waals surface area (Å²) in [5, 5.41) is 27.8. The summed E-state index contributed by atoms with van der Waals surface area (Å²) in [6, 6.07) is -0.688. The lowest BCUT2D eigenvalue weighted by atomic mass is 10.1. The molecule has 120 valence electrons. The number of carbonyl (C=O) groups is 1. The molecule has 0 aliphatic heterocycles. The zero-order valence-corrected chi connectivity index (χ0v) is 11.8. The molecule has 0 amide bonds. The van der Waals surface area contributed by atoms with Crippen molar-refractivity contribution in [2.45, 2.75) is 32.2 Å². The highest BCUT2D eigenvalue weighted by Crippen LogP contribution is 1.97. The molecule has 0 aliphatic carbocycles. The van der Waals surface area contributed by atoms with E-state index in [2.05, 4.69) is 5.32 Å². The van der Waals surface area contributed by atoms with E-state index in [0.29, 0.717) is 6.42 Å². The third-order valence-corrected chi connectivity index (χ3v) is 1.69. The molecule has 10 nitrogen and oxygen atoms in total. The third-order valence-electron chi connectivity index (χ3n) is 1.69. The van der Waals surface area contributed by atoms with Crippen LogP contribution in [-0.2, 0) is 19.2 Å². The first-order chi connectivity index (χ1) is 9.92. The maximum atomic E-state index is 10.3. The highest BCUT2D eigenvalue weighted by atomic mass is 16.4. The number of hydrogen-bond donors (Lipinski definition) is 6. The summed E-state index contributed by atoms with van der Waals surface area (Å²) in [5.41, 5.74) is 5.31. The molecule has 0 aromatic heterocycles. The Balaban J connectivity index is -0.000000132. The zero-order valence-electron chi connectivity index (χ0n) is 11.8. The number of unbranched alkanes of at least 4 members (excludes halogenated alkanes) is 1. The number of rotatable bonds is 7. The monoisotopic (exact) mass is 303 g/mol. The fourth-order valence-electron chi connectivity index (χ4n) is 0.915. The number of carboxylic acid groups (broad SMARTS) is 1. The van der Waals surface area contributed by atoms with Gasteiger partial charge in [-0.2, -0.15) is 0 Å². The minimum Gasteiger partial charge on any atom is -0.480 e. The fraction of sp³-hybridized carbons (Fsp3) is 0.636. The van der Waals surface area contributed by atoms with Crippen molar-refractivity contribution in [2.24, 2.45) is 5.73 Å². The molecule has 0 bridgehead atoms. The third kappa shape index (κ3) is 58.1. The fourth-order valence-corrected chi connectivity index (χ4v) is 0.915. The predicted octanol–water partition coefficient (Wildman–Crippen LogP) is -0.119. The Morgan fingerprint density at radius 1 is 1.14 bits per heavy atom. The Labute approximate surface area is 122 Å². The lowest BCUT2D eigenvalue weighted by molar-refractivity contribution is -0.138. The molecule has 1 atom stereocenters. The Morgan fingerprint density at radius 2 is 1.52 bits per heavy atom. The molecule has 0 fully saturated rings. The molecule has 0 spiro atoms. The predicted molar refractivity (Wildman–Crippen MR) is 73.2 cm³/mol. The topological polar surface area (TPSA) is 198 Å². The second kappa shape index (κ2) is 30.5. The quantitative estimate of drug-likeness (QED) is 0.214. The van der Waals surface area contributed by atoms with Gasteiger partial charge in [-0.15, -0.1) is 0 Å². The van der Waals surface area contributed by atoms with Crippen LogP contribution in [0, 0.1) is 16.2 Å². The molecule has 0 unspecified atom stereocenters. The van der Waals surface area contributed by atoms with Crippen molar-refractivity contribution in [1.82, 2.24) is 5.32 Å². The van der Waals surface area contributed by atoms with Crippen LogP contribution in [0.1, 0.15) is 26.2 Å². The van der Waals surface area contributed by atoms with Gasteiger partial charge in [-0.25, -0.2) is 30.6 Å². The van der Waals surface area contributed by atoms with Crippen LogP contribution in [0.25, 0.3) is 0 Å². The van der Waals surface area contributed by atoms with E-state index in [0.717, 1.165) is 44.2 Å². The molecular formula is C11H21N5O5. The van der Waals surface area contributed by atoms with Crippen molar-refractivity contribution < 1.29 is 24.3 Å². The smallest absolute Gasteiger partial charge is 0.320 e. The average Bonchev–Trinajstić information content (AvgIpc) is 2.41. The van der Waals surface area contributed by atoms with E-state index in [1.165, 1.54) is 0 Å². The van der Waals surface area contributed by atoms with Gasteiger partial charge in [0.05, 0.1) is 0 Å². The van der Waals surface area contributed by atoms with Crippen molar-refractivity contribution in [2.75, 3.05) is 13.1 Å².